The standard InChI is InChI=1S/C16H21N3OS/c1-2-15(20)13-5-3-4-6-14(13)18-8-10-19(11-9-18)16-17-7-12-21-16/h3-7,12,15,20H,2,8-11H2,1H3/t15-/m0/s1. The molecular formula is C16H21N3OS. The lowest BCUT2D eigenvalue weighted by atomic mass is 10.0. The van der Waals surface area contributed by atoms with Gasteiger partial charge in [0.15, 0.2) is 5.13 Å². The first-order valence-electron chi connectivity index (χ1n) is 7.46. The second-order valence-electron chi connectivity index (χ2n) is 5.27. The zero-order valence-electron chi connectivity index (χ0n) is 12.3. The summed E-state index contributed by atoms with van der Waals surface area (Å²) in [6.07, 6.45) is 2.23. The highest BCUT2D eigenvalue weighted by atomic mass is 32.1. The van der Waals surface area contributed by atoms with Gasteiger partial charge in [-0.3, -0.25) is 0 Å². The van der Waals surface area contributed by atoms with Crippen LogP contribution < -0.4 is 9.80 Å². The van der Waals surface area contributed by atoms with Crippen LogP contribution in [0.2, 0.25) is 0 Å². The van der Waals surface area contributed by atoms with E-state index < -0.39 is 0 Å². The van der Waals surface area contributed by atoms with Crippen LogP contribution in [-0.4, -0.2) is 36.3 Å². The first-order chi connectivity index (χ1) is 10.3. The second kappa shape index (κ2) is 6.45. The van der Waals surface area contributed by atoms with E-state index in [4.69, 9.17) is 0 Å². The maximum absolute atomic E-state index is 10.2. The molecule has 2 heterocycles. The number of thiazole rings is 1. The molecule has 0 bridgehead atoms. The summed E-state index contributed by atoms with van der Waals surface area (Å²) in [4.78, 5) is 9.09. The van der Waals surface area contributed by atoms with Gasteiger partial charge in [-0.15, -0.1) is 11.3 Å². The van der Waals surface area contributed by atoms with Crippen molar-refractivity contribution >= 4 is 22.2 Å². The molecule has 1 atom stereocenters. The highest BCUT2D eigenvalue weighted by Crippen LogP contribution is 2.29. The zero-order chi connectivity index (χ0) is 14.7. The molecule has 1 saturated heterocycles. The van der Waals surface area contributed by atoms with Crippen LogP contribution in [0.3, 0.4) is 0 Å². The number of para-hydroxylation sites is 1. The number of piperazine rings is 1. The number of rotatable bonds is 4. The quantitative estimate of drug-likeness (QED) is 0.943. The summed E-state index contributed by atoms with van der Waals surface area (Å²) in [5.41, 5.74) is 2.22. The number of benzene rings is 1. The van der Waals surface area contributed by atoms with E-state index in [2.05, 4.69) is 26.9 Å². The Labute approximate surface area is 129 Å². The van der Waals surface area contributed by atoms with Gasteiger partial charge in [-0.25, -0.2) is 4.98 Å². The number of nitrogens with zero attached hydrogens (tertiary/aromatic N) is 3. The van der Waals surface area contributed by atoms with Crippen molar-refractivity contribution < 1.29 is 5.11 Å². The normalized spacial score (nSPS) is 17.0. The molecule has 0 spiro atoms. The third-order valence-electron chi connectivity index (χ3n) is 3.99. The largest absolute Gasteiger partial charge is 0.388 e. The molecule has 2 aromatic rings. The Hall–Kier alpha value is -1.59. The predicted molar refractivity (Wildman–Crippen MR) is 88.2 cm³/mol. The van der Waals surface area contributed by atoms with Crippen LogP contribution in [0, 0.1) is 0 Å². The monoisotopic (exact) mass is 303 g/mol. The lowest BCUT2D eigenvalue weighted by molar-refractivity contribution is 0.174. The van der Waals surface area contributed by atoms with E-state index in [9.17, 15) is 5.11 Å². The molecule has 0 aliphatic carbocycles. The summed E-state index contributed by atoms with van der Waals surface area (Å²) in [6.45, 7) is 5.90. The van der Waals surface area contributed by atoms with Crippen LogP contribution in [0.5, 0.6) is 0 Å². The molecule has 1 N–H and O–H groups in total. The molecular weight excluding hydrogens is 282 g/mol. The summed E-state index contributed by atoms with van der Waals surface area (Å²) in [7, 11) is 0. The van der Waals surface area contributed by atoms with Crippen LogP contribution in [0.4, 0.5) is 10.8 Å². The van der Waals surface area contributed by atoms with Crippen molar-refractivity contribution in [2.45, 2.75) is 19.4 Å². The number of hydrogen-bond acceptors (Lipinski definition) is 5. The van der Waals surface area contributed by atoms with Gasteiger partial charge in [-0.1, -0.05) is 25.1 Å². The van der Waals surface area contributed by atoms with E-state index in [1.807, 2.05) is 30.6 Å². The van der Waals surface area contributed by atoms with E-state index in [-0.39, 0.29) is 6.10 Å². The van der Waals surface area contributed by atoms with Crippen molar-refractivity contribution in [3.63, 3.8) is 0 Å². The van der Waals surface area contributed by atoms with Gasteiger partial charge >= 0.3 is 0 Å². The number of aromatic nitrogens is 1. The first-order valence-corrected chi connectivity index (χ1v) is 8.34. The van der Waals surface area contributed by atoms with Crippen molar-refractivity contribution in [2.75, 3.05) is 36.0 Å². The van der Waals surface area contributed by atoms with Crippen molar-refractivity contribution in [3.05, 3.63) is 41.4 Å². The summed E-state index contributed by atoms with van der Waals surface area (Å²) in [6, 6.07) is 8.21. The molecule has 112 valence electrons. The first kappa shape index (κ1) is 14.4. The van der Waals surface area contributed by atoms with E-state index in [1.54, 1.807) is 11.3 Å². The fourth-order valence-electron chi connectivity index (χ4n) is 2.79. The van der Waals surface area contributed by atoms with Gasteiger partial charge in [0.1, 0.15) is 0 Å². The number of hydrogen-bond donors (Lipinski definition) is 1. The fourth-order valence-corrected chi connectivity index (χ4v) is 3.48. The minimum Gasteiger partial charge on any atom is -0.388 e. The van der Waals surface area contributed by atoms with E-state index >= 15 is 0 Å². The van der Waals surface area contributed by atoms with Gasteiger partial charge < -0.3 is 14.9 Å². The van der Waals surface area contributed by atoms with Crippen LogP contribution in [0.1, 0.15) is 25.0 Å². The van der Waals surface area contributed by atoms with Crippen LogP contribution >= 0.6 is 11.3 Å². The smallest absolute Gasteiger partial charge is 0.185 e. The van der Waals surface area contributed by atoms with Gasteiger partial charge in [-0.2, -0.15) is 0 Å². The van der Waals surface area contributed by atoms with Crippen molar-refractivity contribution in [2.24, 2.45) is 0 Å². The minimum atomic E-state index is -0.377. The Balaban J connectivity index is 1.72. The molecule has 1 fully saturated rings. The molecule has 0 saturated carbocycles. The van der Waals surface area contributed by atoms with Gasteiger partial charge in [0, 0.05) is 49.0 Å². The second-order valence-corrected chi connectivity index (χ2v) is 6.14. The molecule has 1 aromatic heterocycles. The molecule has 3 rings (SSSR count). The Morgan fingerprint density at radius 2 is 1.90 bits per heavy atom. The summed E-state index contributed by atoms with van der Waals surface area (Å²) in [5, 5.41) is 13.3. The van der Waals surface area contributed by atoms with Gasteiger partial charge in [0.2, 0.25) is 0 Å². The lowest BCUT2D eigenvalue weighted by Gasteiger charge is -2.37. The van der Waals surface area contributed by atoms with E-state index in [0.717, 1.165) is 43.3 Å². The van der Waals surface area contributed by atoms with Crippen molar-refractivity contribution in [1.82, 2.24) is 4.98 Å². The molecule has 21 heavy (non-hydrogen) atoms. The number of anilines is 2. The number of aliphatic hydroxyl groups excluding tert-OH is 1. The highest BCUT2D eigenvalue weighted by Gasteiger charge is 2.21. The van der Waals surface area contributed by atoms with Crippen LogP contribution in [0.15, 0.2) is 35.8 Å². The van der Waals surface area contributed by atoms with Gasteiger partial charge in [0.25, 0.3) is 0 Å². The number of aliphatic hydroxyl groups is 1. The average Bonchev–Trinajstić information content (AvgIpc) is 3.09. The molecule has 0 radical (unpaired) electrons. The Morgan fingerprint density at radius 3 is 2.57 bits per heavy atom. The molecule has 0 amide bonds. The van der Waals surface area contributed by atoms with Gasteiger partial charge in [-0.05, 0) is 12.5 Å². The summed E-state index contributed by atoms with van der Waals surface area (Å²) < 4.78 is 0. The molecule has 5 heteroatoms. The zero-order valence-corrected chi connectivity index (χ0v) is 13.1. The lowest BCUT2D eigenvalue weighted by Crippen LogP contribution is -2.46. The van der Waals surface area contributed by atoms with E-state index in [0.29, 0.717) is 0 Å². The SMILES string of the molecule is CC[C@H](O)c1ccccc1N1CCN(c2nccs2)CC1. The van der Waals surface area contributed by atoms with Crippen LogP contribution in [-0.2, 0) is 0 Å². The molecule has 4 nitrogen and oxygen atoms in total. The van der Waals surface area contributed by atoms with Crippen LogP contribution in [0.25, 0.3) is 0 Å². The Kier molecular flexibility index (Phi) is 4.41. The topological polar surface area (TPSA) is 39.6 Å². The fraction of sp³-hybridized carbons (Fsp3) is 0.438. The van der Waals surface area contributed by atoms with Crippen molar-refractivity contribution in [1.29, 1.82) is 0 Å². The molecule has 1 aromatic carbocycles. The third-order valence-corrected chi connectivity index (χ3v) is 4.82. The maximum atomic E-state index is 10.2. The molecule has 0 unspecified atom stereocenters. The van der Waals surface area contributed by atoms with E-state index in [1.165, 1.54) is 5.69 Å². The average molecular weight is 303 g/mol. The third kappa shape index (κ3) is 3.04. The minimum absolute atomic E-state index is 0.377. The molecule has 1 aliphatic rings. The van der Waals surface area contributed by atoms with Crippen molar-refractivity contribution in [3.8, 4) is 0 Å². The van der Waals surface area contributed by atoms with Gasteiger partial charge in [0.05, 0.1) is 6.10 Å². The predicted octanol–water partition coefficient (Wildman–Crippen LogP) is 2.91. The Morgan fingerprint density at radius 1 is 1.19 bits per heavy atom. The summed E-state index contributed by atoms with van der Waals surface area (Å²) in [5.74, 6) is 0. The highest BCUT2D eigenvalue weighted by molar-refractivity contribution is 7.13. The Bertz CT molecular complexity index is 565. The maximum Gasteiger partial charge on any atom is 0.185 e. The summed E-state index contributed by atoms with van der Waals surface area (Å²) >= 11 is 1.69. The molecule has 1 aliphatic heterocycles.